The summed E-state index contributed by atoms with van der Waals surface area (Å²) >= 11 is 3.46. The maximum Gasteiger partial charge on any atom is 0.289 e. The molecule has 0 radical (unpaired) electrons. The van der Waals surface area contributed by atoms with Crippen LogP contribution >= 0.6 is 15.9 Å². The van der Waals surface area contributed by atoms with Crippen LogP contribution in [0.5, 0.6) is 0 Å². The van der Waals surface area contributed by atoms with Gasteiger partial charge in [-0.3, -0.25) is 4.79 Å². The van der Waals surface area contributed by atoms with Crippen molar-refractivity contribution in [2.75, 3.05) is 18.0 Å². The second-order valence-electron chi connectivity index (χ2n) is 7.51. The van der Waals surface area contributed by atoms with Gasteiger partial charge < -0.3 is 14.6 Å². The summed E-state index contributed by atoms with van der Waals surface area (Å²) in [6, 6.07) is 15.6. The van der Waals surface area contributed by atoms with Crippen LogP contribution in [0.4, 0.5) is 5.82 Å². The number of furan rings is 1. The first-order valence-electron chi connectivity index (χ1n) is 10.2. The van der Waals surface area contributed by atoms with Crippen LogP contribution in [0.2, 0.25) is 0 Å². The smallest absolute Gasteiger partial charge is 0.289 e. The van der Waals surface area contributed by atoms with Gasteiger partial charge in [-0.05, 0) is 49.1 Å². The van der Waals surface area contributed by atoms with Crippen molar-refractivity contribution in [3.05, 3.63) is 64.4 Å². The van der Waals surface area contributed by atoms with Gasteiger partial charge in [0.2, 0.25) is 5.82 Å². The Labute approximate surface area is 182 Å². The third-order valence-corrected chi connectivity index (χ3v) is 5.90. The molecule has 0 aliphatic carbocycles. The standard InChI is InChI=1S/C23H21BrN4O2/c24-16-8-6-7-15(13-16)14-25-23(29)21-26-19-17-9-2-3-10-18(17)30-20(19)22(27-21)28-11-4-1-5-12-28/h2-3,6-10,13H,1,4-5,11-12,14H2,(H,25,29). The van der Waals surface area contributed by atoms with E-state index in [1.807, 2.05) is 48.5 Å². The maximum atomic E-state index is 12.9. The van der Waals surface area contributed by atoms with Gasteiger partial charge in [0.25, 0.3) is 5.91 Å². The highest BCUT2D eigenvalue weighted by Crippen LogP contribution is 2.33. The lowest BCUT2D eigenvalue weighted by atomic mass is 10.1. The second-order valence-corrected chi connectivity index (χ2v) is 8.42. The molecule has 1 amide bonds. The molecule has 0 saturated carbocycles. The molecule has 1 aliphatic heterocycles. The molecule has 1 saturated heterocycles. The minimum atomic E-state index is -0.291. The van der Waals surface area contributed by atoms with Crippen LogP contribution in [0.3, 0.4) is 0 Å². The van der Waals surface area contributed by atoms with E-state index in [2.05, 4.69) is 36.1 Å². The number of carbonyl (C=O) groups is 1. The molecule has 2 aromatic carbocycles. The predicted octanol–water partition coefficient (Wildman–Crippen LogP) is 5.06. The Hall–Kier alpha value is -2.93. The fraction of sp³-hybridized carbons (Fsp3) is 0.261. The lowest BCUT2D eigenvalue weighted by Gasteiger charge is -2.27. The van der Waals surface area contributed by atoms with Crippen LogP contribution in [0.15, 0.2) is 57.4 Å². The molecule has 7 heteroatoms. The van der Waals surface area contributed by atoms with Crippen molar-refractivity contribution in [2.45, 2.75) is 25.8 Å². The molecule has 30 heavy (non-hydrogen) atoms. The number of carbonyl (C=O) groups excluding carboxylic acids is 1. The quantitative estimate of drug-likeness (QED) is 0.456. The van der Waals surface area contributed by atoms with Gasteiger partial charge in [0.1, 0.15) is 11.1 Å². The Balaban J connectivity index is 1.54. The van der Waals surface area contributed by atoms with Gasteiger partial charge in [-0.1, -0.05) is 40.2 Å². The Bertz CT molecular complexity index is 1230. The lowest BCUT2D eigenvalue weighted by Crippen LogP contribution is -2.32. The monoisotopic (exact) mass is 464 g/mol. The van der Waals surface area contributed by atoms with Crippen LogP contribution in [-0.2, 0) is 6.54 Å². The minimum Gasteiger partial charge on any atom is -0.450 e. The number of piperidine rings is 1. The summed E-state index contributed by atoms with van der Waals surface area (Å²) in [7, 11) is 0. The van der Waals surface area contributed by atoms with Crippen molar-refractivity contribution < 1.29 is 9.21 Å². The molecule has 5 rings (SSSR count). The molecule has 0 spiro atoms. The molecule has 1 aliphatic rings. The number of rotatable bonds is 4. The molecular weight excluding hydrogens is 444 g/mol. The third kappa shape index (κ3) is 3.65. The topological polar surface area (TPSA) is 71.3 Å². The number of para-hydroxylation sites is 1. The number of nitrogens with zero attached hydrogens (tertiary/aromatic N) is 3. The number of aromatic nitrogens is 2. The number of hydrogen-bond acceptors (Lipinski definition) is 5. The first-order chi connectivity index (χ1) is 14.7. The molecule has 152 valence electrons. The Morgan fingerprint density at radius 2 is 1.90 bits per heavy atom. The molecule has 0 unspecified atom stereocenters. The van der Waals surface area contributed by atoms with Crippen LogP contribution in [0.1, 0.15) is 35.4 Å². The van der Waals surface area contributed by atoms with E-state index in [1.54, 1.807) is 0 Å². The molecule has 6 nitrogen and oxygen atoms in total. The molecule has 2 aromatic heterocycles. The van der Waals surface area contributed by atoms with Gasteiger partial charge in [0, 0.05) is 29.5 Å². The van der Waals surface area contributed by atoms with Crippen molar-refractivity contribution in [1.82, 2.24) is 15.3 Å². The fourth-order valence-electron chi connectivity index (χ4n) is 3.91. The van der Waals surface area contributed by atoms with Gasteiger partial charge in [-0.25, -0.2) is 9.97 Å². The normalized spacial score (nSPS) is 14.4. The first-order valence-corrected chi connectivity index (χ1v) is 11.0. The van der Waals surface area contributed by atoms with E-state index >= 15 is 0 Å². The molecule has 1 fully saturated rings. The Kier molecular flexibility index (Phi) is 5.12. The SMILES string of the molecule is O=C(NCc1cccc(Br)c1)c1nc(N2CCCCC2)c2oc3ccccc3c2n1. The number of hydrogen-bond donors (Lipinski definition) is 1. The van der Waals surface area contributed by atoms with Gasteiger partial charge in [-0.2, -0.15) is 0 Å². The predicted molar refractivity (Wildman–Crippen MR) is 121 cm³/mol. The molecule has 0 bridgehead atoms. The van der Waals surface area contributed by atoms with E-state index in [0.29, 0.717) is 23.5 Å². The van der Waals surface area contributed by atoms with E-state index < -0.39 is 0 Å². The van der Waals surface area contributed by atoms with Crippen molar-refractivity contribution in [2.24, 2.45) is 0 Å². The average molecular weight is 465 g/mol. The molecule has 0 atom stereocenters. The Morgan fingerprint density at radius 1 is 1.07 bits per heavy atom. The lowest BCUT2D eigenvalue weighted by molar-refractivity contribution is 0.0941. The summed E-state index contributed by atoms with van der Waals surface area (Å²) in [5.74, 6) is 0.591. The zero-order valence-corrected chi connectivity index (χ0v) is 18.0. The van der Waals surface area contributed by atoms with E-state index in [0.717, 1.165) is 46.9 Å². The van der Waals surface area contributed by atoms with Gasteiger partial charge in [-0.15, -0.1) is 0 Å². The molecule has 3 heterocycles. The van der Waals surface area contributed by atoms with Crippen LogP contribution in [-0.4, -0.2) is 29.0 Å². The first kappa shape index (κ1) is 19.1. The minimum absolute atomic E-state index is 0.171. The van der Waals surface area contributed by atoms with E-state index in [1.165, 1.54) is 6.42 Å². The van der Waals surface area contributed by atoms with E-state index in [9.17, 15) is 4.79 Å². The maximum absolute atomic E-state index is 12.9. The molecule has 1 N–H and O–H groups in total. The molecular formula is C23H21BrN4O2. The average Bonchev–Trinajstić information content (AvgIpc) is 3.16. The van der Waals surface area contributed by atoms with Crippen molar-refractivity contribution in [1.29, 1.82) is 0 Å². The second kappa shape index (κ2) is 8.07. The summed E-state index contributed by atoms with van der Waals surface area (Å²) in [6.45, 7) is 2.22. The van der Waals surface area contributed by atoms with Crippen LogP contribution in [0, 0.1) is 0 Å². The van der Waals surface area contributed by atoms with Crippen LogP contribution in [0.25, 0.3) is 22.1 Å². The zero-order valence-electron chi connectivity index (χ0n) is 16.4. The summed E-state index contributed by atoms with van der Waals surface area (Å²) in [4.78, 5) is 24.4. The van der Waals surface area contributed by atoms with Crippen LogP contribution < -0.4 is 10.2 Å². The highest BCUT2D eigenvalue weighted by atomic mass is 79.9. The van der Waals surface area contributed by atoms with Crippen molar-refractivity contribution in [3.8, 4) is 0 Å². The largest absolute Gasteiger partial charge is 0.450 e. The van der Waals surface area contributed by atoms with Gasteiger partial charge in [0.15, 0.2) is 11.4 Å². The van der Waals surface area contributed by atoms with Gasteiger partial charge in [0.05, 0.1) is 0 Å². The van der Waals surface area contributed by atoms with Crippen molar-refractivity contribution >= 4 is 49.7 Å². The van der Waals surface area contributed by atoms with E-state index in [4.69, 9.17) is 4.42 Å². The van der Waals surface area contributed by atoms with Gasteiger partial charge >= 0.3 is 0 Å². The number of benzene rings is 2. The summed E-state index contributed by atoms with van der Waals surface area (Å²) in [5.41, 5.74) is 3.10. The summed E-state index contributed by atoms with van der Waals surface area (Å²) in [5, 5.41) is 3.84. The summed E-state index contributed by atoms with van der Waals surface area (Å²) < 4.78 is 7.09. The number of amides is 1. The van der Waals surface area contributed by atoms with Crippen molar-refractivity contribution in [3.63, 3.8) is 0 Å². The Morgan fingerprint density at radius 3 is 2.73 bits per heavy atom. The summed E-state index contributed by atoms with van der Waals surface area (Å²) in [6.07, 6.45) is 3.43. The third-order valence-electron chi connectivity index (χ3n) is 5.40. The molecule has 4 aromatic rings. The highest BCUT2D eigenvalue weighted by Gasteiger charge is 2.23. The number of halogens is 1. The fourth-order valence-corrected chi connectivity index (χ4v) is 4.35. The number of nitrogens with one attached hydrogen (secondary N) is 1. The highest BCUT2D eigenvalue weighted by molar-refractivity contribution is 9.10. The number of anilines is 1. The number of fused-ring (bicyclic) bond motifs is 3. The zero-order chi connectivity index (χ0) is 20.5. The van der Waals surface area contributed by atoms with E-state index in [-0.39, 0.29) is 11.7 Å².